The third kappa shape index (κ3) is 4.75. The molecule has 6 nitrogen and oxygen atoms in total. The molecule has 2 fully saturated rings. The highest BCUT2D eigenvalue weighted by atomic mass is 35.5. The SMILES string of the molecule is Cc1cccn2c(=O)c(/C=C3/SC(=S)N(Cc4ccccc4Cl)C3=O)c(N3CCCCCC3)nc12. The van der Waals surface area contributed by atoms with Crippen molar-refractivity contribution in [2.24, 2.45) is 0 Å². The summed E-state index contributed by atoms with van der Waals surface area (Å²) in [5.74, 6) is 0.415. The molecule has 0 atom stereocenters. The number of benzene rings is 1. The number of hydrogen-bond acceptors (Lipinski definition) is 6. The molecule has 0 N–H and O–H groups in total. The minimum atomic E-state index is -0.226. The molecule has 1 aromatic carbocycles. The topological polar surface area (TPSA) is 57.9 Å². The molecule has 3 aromatic rings. The van der Waals surface area contributed by atoms with Crippen molar-refractivity contribution < 1.29 is 4.79 Å². The molecule has 2 saturated heterocycles. The van der Waals surface area contributed by atoms with Gasteiger partial charge in [-0.1, -0.05) is 72.7 Å². The van der Waals surface area contributed by atoms with Crippen LogP contribution < -0.4 is 10.5 Å². The number of thiocarbonyl (C=S) groups is 1. The van der Waals surface area contributed by atoms with Crippen LogP contribution in [0.4, 0.5) is 5.82 Å². The van der Waals surface area contributed by atoms with E-state index < -0.39 is 0 Å². The first kappa shape index (κ1) is 24.0. The minimum Gasteiger partial charge on any atom is -0.356 e. The van der Waals surface area contributed by atoms with E-state index in [1.165, 1.54) is 16.7 Å². The Balaban J connectivity index is 1.59. The second kappa shape index (κ2) is 10.1. The van der Waals surface area contributed by atoms with E-state index in [-0.39, 0.29) is 18.0 Å². The summed E-state index contributed by atoms with van der Waals surface area (Å²) in [6, 6.07) is 11.2. The lowest BCUT2D eigenvalue weighted by molar-refractivity contribution is -0.122. The zero-order chi connectivity index (χ0) is 24.5. The van der Waals surface area contributed by atoms with Crippen molar-refractivity contribution >= 4 is 63.3 Å². The van der Waals surface area contributed by atoms with Crippen LogP contribution in [-0.2, 0) is 11.3 Å². The molecule has 2 aromatic heterocycles. The highest BCUT2D eigenvalue weighted by molar-refractivity contribution is 8.26. The Labute approximate surface area is 218 Å². The summed E-state index contributed by atoms with van der Waals surface area (Å²) in [7, 11) is 0. The lowest BCUT2D eigenvalue weighted by Gasteiger charge is -2.24. The van der Waals surface area contributed by atoms with Gasteiger partial charge < -0.3 is 4.90 Å². The fourth-order valence-electron chi connectivity index (χ4n) is 4.51. The normalized spacial score (nSPS) is 18.1. The van der Waals surface area contributed by atoms with Gasteiger partial charge in [-0.05, 0) is 49.1 Å². The zero-order valence-corrected chi connectivity index (χ0v) is 21.8. The summed E-state index contributed by atoms with van der Waals surface area (Å²) in [4.78, 5) is 36.2. The fourth-order valence-corrected chi connectivity index (χ4v) is 5.95. The summed E-state index contributed by atoms with van der Waals surface area (Å²) < 4.78 is 2.01. The van der Waals surface area contributed by atoms with Crippen molar-refractivity contribution in [3.05, 3.63) is 79.6 Å². The Hall–Kier alpha value is -2.68. The van der Waals surface area contributed by atoms with Crippen LogP contribution in [0.25, 0.3) is 11.7 Å². The van der Waals surface area contributed by atoms with E-state index in [0.29, 0.717) is 31.3 Å². The number of halogens is 1. The second-order valence-electron chi connectivity index (χ2n) is 8.80. The third-order valence-electron chi connectivity index (χ3n) is 6.41. The van der Waals surface area contributed by atoms with Gasteiger partial charge in [0.05, 0.1) is 17.0 Å². The monoisotopic (exact) mass is 524 g/mol. The van der Waals surface area contributed by atoms with Gasteiger partial charge in [0.1, 0.15) is 15.8 Å². The number of aryl methyl sites for hydroxylation is 1. The highest BCUT2D eigenvalue weighted by Crippen LogP contribution is 2.35. The molecule has 180 valence electrons. The summed E-state index contributed by atoms with van der Waals surface area (Å²) >= 11 is 13.1. The molecule has 2 aliphatic heterocycles. The number of carbonyl (C=O) groups is 1. The van der Waals surface area contributed by atoms with Crippen LogP contribution in [0.5, 0.6) is 0 Å². The van der Waals surface area contributed by atoms with Crippen LogP contribution in [0.2, 0.25) is 5.02 Å². The van der Waals surface area contributed by atoms with E-state index in [1.807, 2.05) is 37.3 Å². The largest absolute Gasteiger partial charge is 0.356 e. The maximum absolute atomic E-state index is 13.7. The average Bonchev–Trinajstić information content (AvgIpc) is 3.02. The summed E-state index contributed by atoms with van der Waals surface area (Å²) in [5.41, 5.74) is 2.63. The number of hydrogen-bond donors (Lipinski definition) is 0. The molecule has 0 saturated carbocycles. The van der Waals surface area contributed by atoms with Gasteiger partial charge in [0, 0.05) is 24.3 Å². The second-order valence-corrected chi connectivity index (χ2v) is 10.9. The lowest BCUT2D eigenvalue weighted by atomic mass is 10.2. The number of anilines is 1. The lowest BCUT2D eigenvalue weighted by Crippen LogP contribution is -2.30. The average molecular weight is 525 g/mol. The van der Waals surface area contributed by atoms with Crippen LogP contribution in [0.15, 0.2) is 52.3 Å². The van der Waals surface area contributed by atoms with Crippen LogP contribution in [0.3, 0.4) is 0 Å². The van der Waals surface area contributed by atoms with Crippen LogP contribution >= 0.6 is 35.6 Å². The first-order valence-corrected chi connectivity index (χ1v) is 13.3. The van der Waals surface area contributed by atoms with Crippen molar-refractivity contribution in [2.45, 2.75) is 39.2 Å². The van der Waals surface area contributed by atoms with Crippen molar-refractivity contribution in [3.8, 4) is 0 Å². The van der Waals surface area contributed by atoms with Gasteiger partial charge in [-0.3, -0.25) is 18.9 Å². The van der Waals surface area contributed by atoms with E-state index in [4.69, 9.17) is 28.8 Å². The Morgan fingerprint density at radius 3 is 2.57 bits per heavy atom. The molecule has 0 bridgehead atoms. The van der Waals surface area contributed by atoms with Crippen LogP contribution in [0.1, 0.15) is 42.4 Å². The van der Waals surface area contributed by atoms with Crippen LogP contribution in [0, 0.1) is 6.92 Å². The number of pyridine rings is 1. The van der Waals surface area contributed by atoms with Crippen molar-refractivity contribution in [2.75, 3.05) is 18.0 Å². The summed E-state index contributed by atoms with van der Waals surface area (Å²) in [5, 5.41) is 0.585. The molecule has 35 heavy (non-hydrogen) atoms. The minimum absolute atomic E-state index is 0.186. The predicted molar refractivity (Wildman–Crippen MR) is 147 cm³/mol. The maximum atomic E-state index is 13.7. The fraction of sp³-hybridized carbons (Fsp3) is 0.308. The first-order chi connectivity index (χ1) is 16.9. The number of thioether (sulfide) groups is 1. The maximum Gasteiger partial charge on any atom is 0.267 e. The van der Waals surface area contributed by atoms with Gasteiger partial charge >= 0.3 is 0 Å². The Kier molecular flexibility index (Phi) is 6.95. The zero-order valence-electron chi connectivity index (χ0n) is 19.4. The standard InChI is InChI=1S/C26H25ClN4O2S2/c1-17-9-8-14-30-22(17)28-23(29-12-6-2-3-7-13-29)19(24(30)32)15-21-25(33)31(26(34)35-21)16-18-10-4-5-11-20(18)27/h4-5,8-11,14-15H,2-3,6-7,12-13,16H2,1H3/b21-15+. The van der Waals surface area contributed by atoms with Gasteiger partial charge in [0.15, 0.2) is 0 Å². The van der Waals surface area contributed by atoms with E-state index in [0.717, 1.165) is 49.9 Å². The number of amides is 1. The predicted octanol–water partition coefficient (Wildman–Crippen LogP) is 5.44. The Bertz CT molecular complexity index is 1410. The molecule has 0 aliphatic carbocycles. The molecule has 0 spiro atoms. The number of nitrogens with zero attached hydrogens (tertiary/aromatic N) is 4. The van der Waals surface area contributed by atoms with Gasteiger partial charge in [0.25, 0.3) is 11.5 Å². The van der Waals surface area contributed by atoms with Gasteiger partial charge in [-0.25, -0.2) is 4.98 Å². The van der Waals surface area contributed by atoms with Crippen LogP contribution in [-0.4, -0.2) is 37.6 Å². The highest BCUT2D eigenvalue weighted by Gasteiger charge is 2.33. The van der Waals surface area contributed by atoms with E-state index in [2.05, 4.69) is 4.90 Å². The van der Waals surface area contributed by atoms with E-state index in [1.54, 1.807) is 22.7 Å². The number of rotatable bonds is 4. The molecule has 1 amide bonds. The Morgan fingerprint density at radius 1 is 1.09 bits per heavy atom. The number of fused-ring (bicyclic) bond motifs is 1. The Morgan fingerprint density at radius 2 is 1.83 bits per heavy atom. The summed E-state index contributed by atoms with van der Waals surface area (Å²) in [6.45, 7) is 3.91. The molecule has 4 heterocycles. The molecule has 9 heteroatoms. The number of carbonyl (C=O) groups excluding carboxylic acids is 1. The van der Waals surface area contributed by atoms with E-state index in [9.17, 15) is 9.59 Å². The van der Waals surface area contributed by atoms with Gasteiger partial charge in [-0.2, -0.15) is 0 Å². The number of aromatic nitrogens is 2. The smallest absolute Gasteiger partial charge is 0.267 e. The third-order valence-corrected chi connectivity index (χ3v) is 8.15. The van der Waals surface area contributed by atoms with Gasteiger partial charge in [-0.15, -0.1) is 0 Å². The quantitative estimate of drug-likeness (QED) is 0.335. The molecule has 5 rings (SSSR count). The van der Waals surface area contributed by atoms with Crippen molar-refractivity contribution in [3.63, 3.8) is 0 Å². The van der Waals surface area contributed by atoms with E-state index >= 15 is 0 Å². The molecule has 2 aliphatic rings. The van der Waals surface area contributed by atoms with Crippen molar-refractivity contribution in [1.29, 1.82) is 0 Å². The molecular weight excluding hydrogens is 500 g/mol. The first-order valence-electron chi connectivity index (χ1n) is 11.7. The molecule has 0 radical (unpaired) electrons. The molecule has 0 unspecified atom stereocenters. The molecular formula is C26H25ClN4O2S2. The summed E-state index contributed by atoms with van der Waals surface area (Å²) in [6.07, 6.45) is 7.83. The van der Waals surface area contributed by atoms with Crippen molar-refractivity contribution in [1.82, 2.24) is 14.3 Å². The van der Waals surface area contributed by atoms with Gasteiger partial charge in [0.2, 0.25) is 0 Å².